The van der Waals surface area contributed by atoms with Crippen LogP contribution in [0.1, 0.15) is 0 Å². The fourth-order valence-corrected chi connectivity index (χ4v) is 2.05. The standard InChI is InChI=1S/C10H7ClINO2/c1-15-7-3-2-5(11)9-8(7)10(14)6(12)4-13-9/h2-4H,1H3,(H,13,14). The topological polar surface area (TPSA) is 42.1 Å². The van der Waals surface area contributed by atoms with Gasteiger partial charge in [-0.15, -0.1) is 0 Å². The van der Waals surface area contributed by atoms with Crippen LogP contribution in [0.2, 0.25) is 5.02 Å². The monoisotopic (exact) mass is 335 g/mol. The van der Waals surface area contributed by atoms with Gasteiger partial charge in [0.15, 0.2) is 0 Å². The lowest BCUT2D eigenvalue weighted by Gasteiger charge is -2.06. The molecule has 1 N–H and O–H groups in total. The number of H-pyrrole nitrogens is 1. The van der Waals surface area contributed by atoms with Crippen molar-refractivity contribution in [2.45, 2.75) is 0 Å². The Hall–Kier alpha value is -0.750. The average molecular weight is 336 g/mol. The van der Waals surface area contributed by atoms with Crippen LogP contribution in [0, 0.1) is 3.57 Å². The van der Waals surface area contributed by atoms with Crippen molar-refractivity contribution in [2.24, 2.45) is 0 Å². The fourth-order valence-electron chi connectivity index (χ4n) is 1.42. The number of fused-ring (bicyclic) bond motifs is 1. The third kappa shape index (κ3) is 1.72. The number of halogens is 2. The summed E-state index contributed by atoms with van der Waals surface area (Å²) in [5.74, 6) is 0.536. The van der Waals surface area contributed by atoms with Gasteiger partial charge < -0.3 is 9.72 Å². The highest BCUT2D eigenvalue weighted by Gasteiger charge is 2.10. The molecule has 2 rings (SSSR count). The quantitative estimate of drug-likeness (QED) is 0.814. The molecule has 0 saturated carbocycles. The Morgan fingerprint density at radius 1 is 1.47 bits per heavy atom. The maximum absolute atomic E-state index is 11.9. The summed E-state index contributed by atoms with van der Waals surface area (Å²) in [7, 11) is 1.53. The van der Waals surface area contributed by atoms with Crippen LogP contribution in [0.25, 0.3) is 10.9 Å². The number of pyridine rings is 1. The molecule has 1 aromatic heterocycles. The zero-order valence-corrected chi connectivity index (χ0v) is 10.7. The first-order valence-corrected chi connectivity index (χ1v) is 5.64. The summed E-state index contributed by atoms with van der Waals surface area (Å²) in [5, 5.41) is 1.01. The maximum atomic E-state index is 11.9. The Kier molecular flexibility index (Phi) is 2.88. The van der Waals surface area contributed by atoms with Crippen LogP contribution in [-0.4, -0.2) is 12.1 Å². The lowest BCUT2D eigenvalue weighted by Crippen LogP contribution is -2.08. The summed E-state index contributed by atoms with van der Waals surface area (Å²) in [6, 6.07) is 3.39. The Morgan fingerprint density at radius 3 is 2.87 bits per heavy atom. The molecule has 0 bridgehead atoms. The van der Waals surface area contributed by atoms with Crippen molar-refractivity contribution in [3.63, 3.8) is 0 Å². The van der Waals surface area contributed by atoms with Gasteiger partial charge in [-0.05, 0) is 34.7 Å². The van der Waals surface area contributed by atoms with E-state index in [1.54, 1.807) is 18.3 Å². The fraction of sp³-hybridized carbons (Fsp3) is 0.100. The highest BCUT2D eigenvalue weighted by atomic mass is 127. The molecule has 1 aromatic carbocycles. The molecule has 0 atom stereocenters. The molecule has 0 spiro atoms. The highest BCUT2D eigenvalue weighted by Crippen LogP contribution is 2.27. The van der Waals surface area contributed by atoms with Crippen molar-refractivity contribution < 1.29 is 4.74 Å². The number of benzene rings is 1. The van der Waals surface area contributed by atoms with E-state index in [9.17, 15) is 4.79 Å². The minimum Gasteiger partial charge on any atom is -0.496 e. The number of nitrogens with one attached hydrogen (secondary N) is 1. The second-order valence-corrected chi connectivity index (χ2v) is 4.53. The van der Waals surface area contributed by atoms with Gasteiger partial charge >= 0.3 is 0 Å². The number of rotatable bonds is 1. The van der Waals surface area contributed by atoms with Crippen molar-refractivity contribution in [1.29, 1.82) is 0 Å². The van der Waals surface area contributed by atoms with Crippen molar-refractivity contribution in [3.05, 3.63) is 37.1 Å². The van der Waals surface area contributed by atoms with Gasteiger partial charge in [-0.3, -0.25) is 4.79 Å². The van der Waals surface area contributed by atoms with E-state index in [0.29, 0.717) is 25.2 Å². The third-order valence-electron chi connectivity index (χ3n) is 2.12. The van der Waals surface area contributed by atoms with Gasteiger partial charge in [-0.2, -0.15) is 0 Å². The van der Waals surface area contributed by atoms with Gasteiger partial charge in [0.1, 0.15) is 5.75 Å². The zero-order valence-electron chi connectivity index (χ0n) is 7.80. The maximum Gasteiger partial charge on any atom is 0.206 e. The molecule has 5 heteroatoms. The molecular weight excluding hydrogens is 328 g/mol. The van der Waals surface area contributed by atoms with Gasteiger partial charge in [0.2, 0.25) is 5.43 Å². The van der Waals surface area contributed by atoms with Gasteiger partial charge in [-0.25, -0.2) is 0 Å². The number of ether oxygens (including phenoxy) is 1. The van der Waals surface area contributed by atoms with Crippen LogP contribution in [0.4, 0.5) is 0 Å². The largest absolute Gasteiger partial charge is 0.496 e. The molecule has 0 amide bonds. The molecule has 78 valence electrons. The molecule has 0 radical (unpaired) electrons. The smallest absolute Gasteiger partial charge is 0.206 e. The first-order chi connectivity index (χ1) is 7.15. The van der Waals surface area contributed by atoms with Crippen LogP contribution in [0.5, 0.6) is 5.75 Å². The van der Waals surface area contributed by atoms with Crippen LogP contribution in [-0.2, 0) is 0 Å². The molecule has 0 aliphatic rings. The van der Waals surface area contributed by atoms with E-state index < -0.39 is 0 Å². The van der Waals surface area contributed by atoms with Crippen LogP contribution < -0.4 is 10.2 Å². The number of aromatic nitrogens is 1. The second kappa shape index (κ2) is 4.02. The number of hydrogen-bond donors (Lipinski definition) is 1. The predicted octanol–water partition coefficient (Wildman–Crippen LogP) is 2.79. The molecule has 0 fully saturated rings. The molecular formula is C10H7ClINO2. The Bertz CT molecular complexity index is 579. The minimum atomic E-state index is -0.0660. The lowest BCUT2D eigenvalue weighted by molar-refractivity contribution is 0.419. The van der Waals surface area contributed by atoms with E-state index in [2.05, 4.69) is 4.98 Å². The first-order valence-electron chi connectivity index (χ1n) is 4.18. The van der Waals surface area contributed by atoms with Gasteiger partial charge in [0, 0.05) is 6.20 Å². The highest BCUT2D eigenvalue weighted by molar-refractivity contribution is 14.1. The molecule has 1 heterocycles. The summed E-state index contributed by atoms with van der Waals surface area (Å²) in [4.78, 5) is 14.9. The van der Waals surface area contributed by atoms with Crippen LogP contribution >= 0.6 is 34.2 Å². The molecule has 0 aliphatic carbocycles. The van der Waals surface area contributed by atoms with E-state index >= 15 is 0 Å². The number of methoxy groups -OCH3 is 1. The molecule has 0 unspecified atom stereocenters. The van der Waals surface area contributed by atoms with E-state index in [0.717, 1.165) is 0 Å². The molecule has 0 aliphatic heterocycles. The Labute approximate surface area is 105 Å². The summed E-state index contributed by atoms with van der Waals surface area (Å²) < 4.78 is 5.75. The second-order valence-electron chi connectivity index (χ2n) is 2.97. The molecule has 2 aromatic rings. The zero-order chi connectivity index (χ0) is 11.0. The SMILES string of the molecule is COc1ccc(Cl)c2[nH]cc(I)c(=O)c12. The van der Waals surface area contributed by atoms with Gasteiger partial charge in [0.25, 0.3) is 0 Å². The summed E-state index contributed by atoms with van der Waals surface area (Å²) in [6.45, 7) is 0. The average Bonchev–Trinajstić information content (AvgIpc) is 2.24. The van der Waals surface area contributed by atoms with Crippen LogP contribution in [0.3, 0.4) is 0 Å². The normalized spacial score (nSPS) is 10.6. The number of hydrogen-bond acceptors (Lipinski definition) is 2. The van der Waals surface area contributed by atoms with Crippen molar-refractivity contribution in [3.8, 4) is 5.75 Å². The first kappa shape index (κ1) is 10.8. The van der Waals surface area contributed by atoms with E-state index in [4.69, 9.17) is 16.3 Å². The lowest BCUT2D eigenvalue weighted by atomic mass is 10.2. The minimum absolute atomic E-state index is 0.0660. The molecule has 3 nitrogen and oxygen atoms in total. The Balaban J connectivity index is 3.02. The third-order valence-corrected chi connectivity index (χ3v) is 3.24. The van der Waals surface area contributed by atoms with Crippen molar-refractivity contribution >= 4 is 45.1 Å². The van der Waals surface area contributed by atoms with E-state index in [1.807, 2.05) is 22.6 Å². The van der Waals surface area contributed by atoms with Gasteiger partial charge in [-0.1, -0.05) is 11.6 Å². The summed E-state index contributed by atoms with van der Waals surface area (Å²) in [6.07, 6.45) is 1.64. The van der Waals surface area contributed by atoms with E-state index in [-0.39, 0.29) is 5.43 Å². The van der Waals surface area contributed by atoms with E-state index in [1.165, 1.54) is 7.11 Å². The van der Waals surface area contributed by atoms with Gasteiger partial charge in [0.05, 0.1) is 26.6 Å². The van der Waals surface area contributed by atoms with Crippen molar-refractivity contribution in [1.82, 2.24) is 4.98 Å². The number of aromatic amines is 1. The predicted molar refractivity (Wildman–Crippen MR) is 68.8 cm³/mol. The molecule has 0 saturated heterocycles. The Morgan fingerprint density at radius 2 is 2.20 bits per heavy atom. The molecule has 15 heavy (non-hydrogen) atoms. The summed E-state index contributed by atoms with van der Waals surface area (Å²) in [5.41, 5.74) is 0.546. The summed E-state index contributed by atoms with van der Waals surface area (Å²) >= 11 is 7.96. The van der Waals surface area contributed by atoms with Crippen molar-refractivity contribution in [2.75, 3.05) is 7.11 Å². The van der Waals surface area contributed by atoms with Crippen LogP contribution in [0.15, 0.2) is 23.1 Å².